The summed E-state index contributed by atoms with van der Waals surface area (Å²) in [6, 6.07) is 2.07. The number of carboxylic acid groups (broad SMARTS) is 1. The fourth-order valence-electron chi connectivity index (χ4n) is 3.29. The number of carbonyl (C=O) groups excluding carboxylic acids is 4. The molecule has 0 fully saturated rings. The molecule has 13 nitrogen and oxygen atoms in total. The molecule has 4 amide bonds. The Bertz CT molecular complexity index is 1100. The van der Waals surface area contributed by atoms with Crippen LogP contribution in [0.2, 0.25) is 0 Å². The van der Waals surface area contributed by atoms with E-state index in [1.807, 2.05) is 24.3 Å². The van der Waals surface area contributed by atoms with Gasteiger partial charge < -0.3 is 42.6 Å². The third-order valence-corrected chi connectivity index (χ3v) is 5.33. The van der Waals surface area contributed by atoms with Crippen LogP contribution in [0, 0.1) is 0 Å². The third-order valence-electron chi connectivity index (χ3n) is 5.33. The van der Waals surface area contributed by atoms with Crippen LogP contribution < -0.4 is 27.4 Å². The molecule has 5 atom stereocenters. The molecule has 1 aromatic heterocycles. The number of aliphatic hydroxyl groups excluding tert-OH is 1. The van der Waals surface area contributed by atoms with Crippen LogP contribution in [0.4, 0.5) is 0 Å². The standard InChI is InChI=1S/C22H30N6O7/c1-10(19(31)28-16(22(34)35)8-17(23)30)26-20(32)15(27-21(33)18(24)11(2)29)7-12-9-25-14-6-4-3-5-13(12)14/h3-6,9-11,15-16,18,25,29H,7-8,24H2,1-2H3,(H2,23,30)(H,26,32)(H,27,33)(H,28,31)(H,34,35). The molecule has 35 heavy (non-hydrogen) atoms. The zero-order chi connectivity index (χ0) is 26.3. The summed E-state index contributed by atoms with van der Waals surface area (Å²) in [7, 11) is 0. The van der Waals surface area contributed by atoms with Gasteiger partial charge >= 0.3 is 5.97 Å². The molecule has 190 valence electrons. The summed E-state index contributed by atoms with van der Waals surface area (Å²) in [6.45, 7) is 2.64. The number of aliphatic hydroxyl groups is 1. The van der Waals surface area contributed by atoms with Crippen molar-refractivity contribution in [3.8, 4) is 0 Å². The highest BCUT2D eigenvalue weighted by Gasteiger charge is 2.30. The monoisotopic (exact) mass is 490 g/mol. The second-order valence-corrected chi connectivity index (χ2v) is 8.19. The van der Waals surface area contributed by atoms with Gasteiger partial charge in [-0.3, -0.25) is 19.2 Å². The van der Waals surface area contributed by atoms with Gasteiger partial charge in [-0.1, -0.05) is 18.2 Å². The summed E-state index contributed by atoms with van der Waals surface area (Å²) >= 11 is 0. The van der Waals surface area contributed by atoms with Gasteiger partial charge in [0.15, 0.2) is 0 Å². The maximum Gasteiger partial charge on any atom is 0.326 e. The zero-order valence-corrected chi connectivity index (χ0v) is 19.3. The molecular formula is C22H30N6O7. The predicted molar refractivity (Wildman–Crippen MR) is 125 cm³/mol. The van der Waals surface area contributed by atoms with Crippen molar-refractivity contribution in [3.05, 3.63) is 36.0 Å². The van der Waals surface area contributed by atoms with Crippen molar-refractivity contribution >= 4 is 40.5 Å². The normalized spacial score (nSPS) is 15.3. The minimum absolute atomic E-state index is 0.0296. The number of hydrogen-bond acceptors (Lipinski definition) is 7. The number of carbonyl (C=O) groups is 5. The highest BCUT2D eigenvalue weighted by molar-refractivity contribution is 5.95. The van der Waals surface area contributed by atoms with E-state index in [0.29, 0.717) is 5.56 Å². The molecule has 0 aliphatic heterocycles. The Morgan fingerprint density at radius 1 is 0.971 bits per heavy atom. The number of aromatic nitrogens is 1. The van der Waals surface area contributed by atoms with Gasteiger partial charge in [-0.05, 0) is 25.5 Å². The number of H-pyrrole nitrogens is 1. The SMILES string of the molecule is CC(NC(=O)C(Cc1c[nH]c2ccccc12)NC(=O)C(N)C(C)O)C(=O)NC(CC(N)=O)C(=O)O. The van der Waals surface area contributed by atoms with E-state index in [0.717, 1.165) is 10.9 Å². The van der Waals surface area contributed by atoms with Crippen molar-refractivity contribution in [2.45, 2.75) is 57.0 Å². The maximum absolute atomic E-state index is 13.0. The molecule has 0 saturated carbocycles. The second kappa shape index (κ2) is 11.9. The number of nitrogens with two attached hydrogens (primary N) is 2. The third kappa shape index (κ3) is 7.52. The Morgan fingerprint density at radius 3 is 2.20 bits per heavy atom. The van der Waals surface area contributed by atoms with Crippen LogP contribution in [-0.4, -0.2) is 75.1 Å². The Hall–Kier alpha value is -3.97. The molecule has 1 heterocycles. The number of para-hydroxylation sites is 1. The van der Waals surface area contributed by atoms with Gasteiger partial charge in [0.05, 0.1) is 12.5 Å². The number of primary amides is 1. The molecule has 0 spiro atoms. The fourth-order valence-corrected chi connectivity index (χ4v) is 3.29. The first-order chi connectivity index (χ1) is 16.4. The van der Waals surface area contributed by atoms with E-state index in [4.69, 9.17) is 16.6 Å². The summed E-state index contributed by atoms with van der Waals surface area (Å²) < 4.78 is 0. The van der Waals surface area contributed by atoms with Gasteiger partial charge in [-0.2, -0.15) is 0 Å². The Labute approximate surface area is 200 Å². The van der Waals surface area contributed by atoms with E-state index in [1.54, 1.807) is 6.20 Å². The highest BCUT2D eigenvalue weighted by Crippen LogP contribution is 2.19. The molecule has 5 unspecified atom stereocenters. The zero-order valence-electron chi connectivity index (χ0n) is 19.3. The number of nitrogens with one attached hydrogen (secondary N) is 4. The molecule has 13 heteroatoms. The highest BCUT2D eigenvalue weighted by atomic mass is 16.4. The molecule has 0 saturated heterocycles. The lowest BCUT2D eigenvalue weighted by Crippen LogP contribution is -2.58. The van der Waals surface area contributed by atoms with Crippen LogP contribution in [0.25, 0.3) is 10.9 Å². The number of aliphatic carboxylic acids is 1. The summed E-state index contributed by atoms with van der Waals surface area (Å²) in [6.07, 6.45) is -0.0850. The number of amides is 4. The van der Waals surface area contributed by atoms with Crippen molar-refractivity contribution in [1.29, 1.82) is 0 Å². The maximum atomic E-state index is 13.0. The molecule has 1 aromatic carbocycles. The molecule has 0 aliphatic rings. The molecule has 0 aliphatic carbocycles. The van der Waals surface area contributed by atoms with Crippen LogP contribution in [0.3, 0.4) is 0 Å². The van der Waals surface area contributed by atoms with Crippen molar-refractivity contribution in [3.63, 3.8) is 0 Å². The lowest BCUT2D eigenvalue weighted by molar-refractivity contribution is -0.143. The molecule has 10 N–H and O–H groups in total. The summed E-state index contributed by atoms with van der Waals surface area (Å²) in [5, 5.41) is 26.7. The second-order valence-electron chi connectivity index (χ2n) is 8.19. The van der Waals surface area contributed by atoms with Crippen molar-refractivity contribution in [1.82, 2.24) is 20.9 Å². The minimum atomic E-state index is -1.56. The number of carboxylic acids is 1. The Balaban J connectivity index is 2.19. The first kappa shape index (κ1) is 27.3. The number of benzene rings is 1. The van der Waals surface area contributed by atoms with Crippen LogP contribution >= 0.6 is 0 Å². The molecule has 2 rings (SSSR count). The van der Waals surface area contributed by atoms with E-state index in [1.165, 1.54) is 13.8 Å². The molecule has 2 aromatic rings. The van der Waals surface area contributed by atoms with Crippen LogP contribution in [0.1, 0.15) is 25.8 Å². The summed E-state index contributed by atoms with van der Waals surface area (Å²) in [5.41, 5.74) is 12.2. The van der Waals surface area contributed by atoms with E-state index in [2.05, 4.69) is 20.9 Å². The largest absolute Gasteiger partial charge is 0.480 e. The van der Waals surface area contributed by atoms with Gasteiger partial charge in [0.2, 0.25) is 23.6 Å². The number of rotatable bonds is 12. The van der Waals surface area contributed by atoms with E-state index in [-0.39, 0.29) is 6.42 Å². The van der Waals surface area contributed by atoms with Gasteiger partial charge in [-0.15, -0.1) is 0 Å². The van der Waals surface area contributed by atoms with Gasteiger partial charge in [0.1, 0.15) is 24.2 Å². The van der Waals surface area contributed by atoms with Crippen molar-refractivity contribution in [2.75, 3.05) is 0 Å². The number of fused-ring (bicyclic) bond motifs is 1. The Morgan fingerprint density at radius 2 is 1.60 bits per heavy atom. The summed E-state index contributed by atoms with van der Waals surface area (Å²) in [5.74, 6) is -4.78. The molecule has 0 radical (unpaired) electrons. The first-order valence-electron chi connectivity index (χ1n) is 10.8. The van der Waals surface area contributed by atoms with E-state index in [9.17, 15) is 29.1 Å². The number of hydrogen-bond donors (Lipinski definition) is 8. The minimum Gasteiger partial charge on any atom is -0.480 e. The molecular weight excluding hydrogens is 460 g/mol. The average Bonchev–Trinajstić information content (AvgIpc) is 3.19. The van der Waals surface area contributed by atoms with Gasteiger partial charge in [-0.25, -0.2) is 4.79 Å². The van der Waals surface area contributed by atoms with Crippen LogP contribution in [0.5, 0.6) is 0 Å². The molecule has 0 bridgehead atoms. The van der Waals surface area contributed by atoms with Crippen LogP contribution in [-0.2, 0) is 30.4 Å². The fraction of sp³-hybridized carbons (Fsp3) is 0.409. The van der Waals surface area contributed by atoms with Crippen molar-refractivity contribution < 1.29 is 34.2 Å². The first-order valence-corrected chi connectivity index (χ1v) is 10.8. The van der Waals surface area contributed by atoms with Crippen molar-refractivity contribution in [2.24, 2.45) is 11.5 Å². The number of aromatic amines is 1. The quantitative estimate of drug-likeness (QED) is 0.163. The van der Waals surface area contributed by atoms with E-state index < -0.39 is 66.3 Å². The Kier molecular flexibility index (Phi) is 9.31. The average molecular weight is 491 g/mol. The summed E-state index contributed by atoms with van der Waals surface area (Å²) in [4.78, 5) is 63.3. The topological polar surface area (TPSA) is 230 Å². The van der Waals surface area contributed by atoms with Gasteiger partial charge in [0.25, 0.3) is 0 Å². The van der Waals surface area contributed by atoms with Gasteiger partial charge in [0, 0.05) is 23.5 Å². The lowest BCUT2D eigenvalue weighted by atomic mass is 10.0. The smallest absolute Gasteiger partial charge is 0.326 e. The van der Waals surface area contributed by atoms with Crippen LogP contribution in [0.15, 0.2) is 30.5 Å². The lowest BCUT2D eigenvalue weighted by Gasteiger charge is -2.24. The van der Waals surface area contributed by atoms with E-state index >= 15 is 0 Å². The predicted octanol–water partition coefficient (Wildman–Crippen LogP) is -2.15.